The van der Waals surface area contributed by atoms with E-state index < -0.39 is 10.0 Å². The zero-order valence-electron chi connectivity index (χ0n) is 20.6. The zero-order chi connectivity index (χ0) is 25.2. The molecule has 1 fully saturated rings. The Morgan fingerprint density at radius 1 is 1.03 bits per heavy atom. The molecule has 35 heavy (non-hydrogen) atoms. The van der Waals surface area contributed by atoms with Crippen LogP contribution in [0, 0.1) is 6.92 Å². The van der Waals surface area contributed by atoms with Crippen molar-refractivity contribution in [3.05, 3.63) is 71.1 Å². The van der Waals surface area contributed by atoms with E-state index in [0.717, 1.165) is 22.6 Å². The number of nitrogens with one attached hydrogen (secondary N) is 1. The molecule has 1 aliphatic heterocycles. The van der Waals surface area contributed by atoms with Gasteiger partial charge in [0.25, 0.3) is 5.91 Å². The van der Waals surface area contributed by atoms with Gasteiger partial charge in [-0.05, 0) is 54.8 Å². The molecule has 0 saturated carbocycles. The van der Waals surface area contributed by atoms with Gasteiger partial charge >= 0.3 is 0 Å². The molecule has 1 aliphatic rings. The number of hydrogen-bond acceptors (Lipinski definition) is 6. The lowest BCUT2D eigenvalue weighted by Crippen LogP contribution is -2.48. The molecule has 0 radical (unpaired) electrons. The molecule has 0 spiro atoms. The number of carbonyl (C=O) groups excluding carboxylic acids is 1. The molecule has 0 unspecified atom stereocenters. The van der Waals surface area contributed by atoms with Gasteiger partial charge in [-0.15, -0.1) is 0 Å². The van der Waals surface area contributed by atoms with Crippen molar-refractivity contribution < 1.29 is 17.6 Å². The SMILES string of the molecule is CNC(=O)c1ccc(-c2nc(CN3CCN(S(=O)(=O)c4ccc(C(C)C)cc4)CC3)c(C)o2)cc1. The molecule has 0 bridgehead atoms. The van der Waals surface area contributed by atoms with Crippen molar-refractivity contribution in [3.63, 3.8) is 0 Å². The Morgan fingerprint density at radius 3 is 2.23 bits per heavy atom. The Morgan fingerprint density at radius 2 is 1.66 bits per heavy atom. The highest BCUT2D eigenvalue weighted by Crippen LogP contribution is 2.25. The van der Waals surface area contributed by atoms with E-state index in [9.17, 15) is 13.2 Å². The van der Waals surface area contributed by atoms with Crippen LogP contribution >= 0.6 is 0 Å². The number of rotatable bonds is 7. The van der Waals surface area contributed by atoms with E-state index >= 15 is 0 Å². The fourth-order valence-electron chi connectivity index (χ4n) is 4.12. The van der Waals surface area contributed by atoms with Crippen LogP contribution in [0.4, 0.5) is 0 Å². The smallest absolute Gasteiger partial charge is 0.251 e. The summed E-state index contributed by atoms with van der Waals surface area (Å²) < 4.78 is 33.6. The minimum Gasteiger partial charge on any atom is -0.441 e. The normalized spacial score (nSPS) is 15.5. The lowest BCUT2D eigenvalue weighted by Gasteiger charge is -2.33. The van der Waals surface area contributed by atoms with Crippen LogP contribution in [-0.2, 0) is 16.6 Å². The molecular weight excluding hydrogens is 464 g/mol. The maximum absolute atomic E-state index is 13.1. The van der Waals surface area contributed by atoms with Crippen molar-refractivity contribution in [2.24, 2.45) is 0 Å². The van der Waals surface area contributed by atoms with E-state index in [4.69, 9.17) is 4.42 Å². The number of nitrogens with zero attached hydrogens (tertiary/aromatic N) is 3. The average Bonchev–Trinajstić information content (AvgIpc) is 3.24. The van der Waals surface area contributed by atoms with E-state index in [1.807, 2.05) is 31.2 Å². The van der Waals surface area contributed by atoms with Crippen LogP contribution in [-0.4, -0.2) is 61.7 Å². The van der Waals surface area contributed by atoms with Crippen molar-refractivity contribution in [1.29, 1.82) is 0 Å². The molecule has 1 saturated heterocycles. The third kappa shape index (κ3) is 5.47. The van der Waals surface area contributed by atoms with Crippen LogP contribution in [0.3, 0.4) is 0 Å². The molecule has 1 amide bonds. The van der Waals surface area contributed by atoms with Crippen LogP contribution < -0.4 is 5.32 Å². The number of benzene rings is 2. The molecular formula is C26H32N4O4S. The van der Waals surface area contributed by atoms with Crippen molar-refractivity contribution in [1.82, 2.24) is 19.5 Å². The fraction of sp³-hybridized carbons (Fsp3) is 0.385. The number of amides is 1. The van der Waals surface area contributed by atoms with Gasteiger partial charge in [0.2, 0.25) is 15.9 Å². The first-order valence-corrected chi connectivity index (χ1v) is 13.2. The standard InChI is InChI=1S/C26H32N4O4S/c1-18(2)20-9-11-23(12-10-20)35(32,33)30-15-13-29(14-16-30)17-24-19(3)34-26(28-24)22-7-5-21(6-8-22)25(31)27-4/h5-12,18H,13-17H2,1-4H3,(H,27,31). The average molecular weight is 497 g/mol. The summed E-state index contributed by atoms with van der Waals surface area (Å²) in [5, 5.41) is 2.60. The van der Waals surface area contributed by atoms with Gasteiger partial charge in [0.15, 0.2) is 0 Å². The summed E-state index contributed by atoms with van der Waals surface area (Å²) >= 11 is 0. The quantitative estimate of drug-likeness (QED) is 0.537. The minimum atomic E-state index is -3.51. The van der Waals surface area contributed by atoms with Gasteiger partial charge in [-0.2, -0.15) is 4.31 Å². The third-order valence-corrected chi connectivity index (χ3v) is 8.32. The van der Waals surface area contributed by atoms with Gasteiger partial charge in [0.05, 0.1) is 10.6 Å². The largest absolute Gasteiger partial charge is 0.441 e. The molecule has 0 aliphatic carbocycles. The summed E-state index contributed by atoms with van der Waals surface area (Å²) in [6.45, 7) is 8.74. The first-order chi connectivity index (χ1) is 16.7. The molecule has 186 valence electrons. The molecule has 1 N–H and O–H groups in total. The first-order valence-electron chi connectivity index (χ1n) is 11.8. The molecule has 2 heterocycles. The fourth-order valence-corrected chi connectivity index (χ4v) is 5.54. The predicted molar refractivity (Wildman–Crippen MR) is 135 cm³/mol. The second-order valence-corrected chi connectivity index (χ2v) is 11.0. The number of oxazole rings is 1. The van der Waals surface area contributed by atoms with Gasteiger partial charge in [-0.3, -0.25) is 9.69 Å². The van der Waals surface area contributed by atoms with E-state index in [1.165, 1.54) is 0 Å². The van der Waals surface area contributed by atoms with Crippen LogP contribution in [0.5, 0.6) is 0 Å². The number of hydrogen-bond donors (Lipinski definition) is 1. The topological polar surface area (TPSA) is 95.8 Å². The van der Waals surface area contributed by atoms with Gasteiger partial charge in [0, 0.05) is 50.9 Å². The van der Waals surface area contributed by atoms with E-state index in [1.54, 1.807) is 35.6 Å². The Balaban J connectivity index is 1.38. The molecule has 0 atom stereocenters. The summed E-state index contributed by atoms with van der Waals surface area (Å²) in [6.07, 6.45) is 0. The Kier molecular flexibility index (Phi) is 7.39. The number of carbonyl (C=O) groups is 1. The molecule has 3 aromatic rings. The lowest BCUT2D eigenvalue weighted by atomic mass is 10.0. The van der Waals surface area contributed by atoms with Crippen molar-refractivity contribution >= 4 is 15.9 Å². The van der Waals surface area contributed by atoms with Gasteiger partial charge < -0.3 is 9.73 Å². The number of aryl methyl sites for hydroxylation is 1. The number of aromatic nitrogens is 1. The number of sulfonamides is 1. The summed E-state index contributed by atoms with van der Waals surface area (Å²) in [4.78, 5) is 18.9. The second kappa shape index (κ2) is 10.3. The van der Waals surface area contributed by atoms with Crippen molar-refractivity contribution in [3.8, 4) is 11.5 Å². The highest BCUT2D eigenvalue weighted by atomic mass is 32.2. The summed E-state index contributed by atoms with van der Waals surface area (Å²) in [5.41, 5.74) is 3.32. The predicted octanol–water partition coefficient (Wildman–Crippen LogP) is 3.64. The van der Waals surface area contributed by atoms with Crippen LogP contribution in [0.2, 0.25) is 0 Å². The molecule has 1 aromatic heterocycles. The van der Waals surface area contributed by atoms with E-state index in [0.29, 0.717) is 55.0 Å². The summed E-state index contributed by atoms with van der Waals surface area (Å²) in [5.74, 6) is 1.45. The Bertz CT molecular complexity index is 1270. The molecule has 8 nitrogen and oxygen atoms in total. The molecule has 2 aromatic carbocycles. The maximum atomic E-state index is 13.1. The van der Waals surface area contributed by atoms with Gasteiger partial charge in [0.1, 0.15) is 5.76 Å². The highest BCUT2D eigenvalue weighted by molar-refractivity contribution is 7.89. The van der Waals surface area contributed by atoms with Crippen LogP contribution in [0.25, 0.3) is 11.5 Å². The Labute approximate surface area is 207 Å². The van der Waals surface area contributed by atoms with Crippen LogP contribution in [0.1, 0.15) is 47.1 Å². The van der Waals surface area contributed by atoms with E-state index in [-0.39, 0.29) is 5.91 Å². The maximum Gasteiger partial charge on any atom is 0.251 e. The van der Waals surface area contributed by atoms with Crippen molar-refractivity contribution in [2.45, 2.75) is 38.1 Å². The second-order valence-electron chi connectivity index (χ2n) is 9.08. The minimum absolute atomic E-state index is 0.144. The zero-order valence-corrected chi connectivity index (χ0v) is 21.4. The van der Waals surface area contributed by atoms with Gasteiger partial charge in [-0.25, -0.2) is 13.4 Å². The van der Waals surface area contributed by atoms with Gasteiger partial charge in [-0.1, -0.05) is 26.0 Å². The van der Waals surface area contributed by atoms with Crippen LogP contribution in [0.15, 0.2) is 57.8 Å². The van der Waals surface area contributed by atoms with E-state index in [2.05, 4.69) is 29.0 Å². The highest BCUT2D eigenvalue weighted by Gasteiger charge is 2.29. The Hall–Kier alpha value is -3.01. The first kappa shape index (κ1) is 25.1. The lowest BCUT2D eigenvalue weighted by molar-refractivity contribution is 0.0963. The molecule has 4 rings (SSSR count). The summed E-state index contributed by atoms with van der Waals surface area (Å²) in [7, 11) is -1.91. The molecule has 9 heteroatoms. The summed E-state index contributed by atoms with van der Waals surface area (Å²) in [6, 6.07) is 14.3. The van der Waals surface area contributed by atoms with Crippen molar-refractivity contribution in [2.75, 3.05) is 33.2 Å². The third-order valence-electron chi connectivity index (χ3n) is 6.40. The number of piperazine rings is 1. The monoisotopic (exact) mass is 496 g/mol.